The molecule has 1 aromatic carbocycles. The van der Waals surface area contributed by atoms with E-state index in [2.05, 4.69) is 16.4 Å². The summed E-state index contributed by atoms with van der Waals surface area (Å²) >= 11 is 0. The SMILES string of the molecule is CCOc1cccc(C(C)NC(=O)C2CCN(c3oc(-c4ccco4)nc3C#N)CC2)c1. The van der Waals surface area contributed by atoms with Crippen molar-refractivity contribution in [1.29, 1.82) is 5.26 Å². The minimum Gasteiger partial charge on any atom is -0.494 e. The summed E-state index contributed by atoms with van der Waals surface area (Å²) in [5.41, 5.74) is 1.23. The average molecular weight is 434 g/mol. The van der Waals surface area contributed by atoms with Crippen LogP contribution >= 0.6 is 0 Å². The highest BCUT2D eigenvalue weighted by molar-refractivity contribution is 5.79. The fraction of sp³-hybridized carbons (Fsp3) is 0.375. The van der Waals surface area contributed by atoms with Crippen molar-refractivity contribution < 1.29 is 18.4 Å². The number of rotatable bonds is 7. The van der Waals surface area contributed by atoms with Crippen LogP contribution in [0.1, 0.15) is 44.0 Å². The van der Waals surface area contributed by atoms with Gasteiger partial charge in [-0.05, 0) is 56.5 Å². The Hall–Kier alpha value is -3.73. The van der Waals surface area contributed by atoms with Gasteiger partial charge in [-0.2, -0.15) is 10.2 Å². The Balaban J connectivity index is 1.36. The predicted molar refractivity (Wildman–Crippen MR) is 118 cm³/mol. The van der Waals surface area contributed by atoms with E-state index < -0.39 is 0 Å². The Morgan fingerprint density at radius 3 is 2.84 bits per heavy atom. The first-order valence-electron chi connectivity index (χ1n) is 10.8. The topological polar surface area (TPSA) is 105 Å². The van der Waals surface area contributed by atoms with Crippen LogP contribution in [0.2, 0.25) is 0 Å². The molecule has 0 saturated carbocycles. The number of amides is 1. The Kier molecular flexibility index (Phi) is 6.45. The van der Waals surface area contributed by atoms with Crippen LogP contribution in [0.15, 0.2) is 51.5 Å². The van der Waals surface area contributed by atoms with E-state index in [0.29, 0.717) is 44.2 Å². The Labute approximate surface area is 186 Å². The van der Waals surface area contributed by atoms with Gasteiger partial charge in [-0.3, -0.25) is 4.79 Å². The van der Waals surface area contributed by atoms with Gasteiger partial charge < -0.3 is 23.8 Å². The summed E-state index contributed by atoms with van der Waals surface area (Å²) in [5.74, 6) is 1.93. The number of carbonyl (C=O) groups is 1. The number of hydrogen-bond acceptors (Lipinski definition) is 7. The molecule has 1 atom stereocenters. The Bertz CT molecular complexity index is 1090. The zero-order valence-electron chi connectivity index (χ0n) is 18.2. The molecule has 32 heavy (non-hydrogen) atoms. The number of oxazole rings is 1. The molecule has 0 aliphatic carbocycles. The van der Waals surface area contributed by atoms with Crippen molar-refractivity contribution in [1.82, 2.24) is 10.3 Å². The lowest BCUT2D eigenvalue weighted by atomic mass is 9.95. The van der Waals surface area contributed by atoms with Gasteiger partial charge >= 0.3 is 0 Å². The van der Waals surface area contributed by atoms with Crippen LogP contribution in [0.4, 0.5) is 5.88 Å². The van der Waals surface area contributed by atoms with Crippen LogP contribution in [0.5, 0.6) is 5.75 Å². The number of carbonyl (C=O) groups excluding carboxylic acids is 1. The molecule has 0 spiro atoms. The van der Waals surface area contributed by atoms with E-state index >= 15 is 0 Å². The monoisotopic (exact) mass is 434 g/mol. The molecule has 2 aromatic heterocycles. The number of ether oxygens (including phenoxy) is 1. The van der Waals surface area contributed by atoms with Crippen LogP contribution in [0, 0.1) is 17.2 Å². The number of anilines is 1. The van der Waals surface area contributed by atoms with Crippen molar-refractivity contribution >= 4 is 11.8 Å². The average Bonchev–Trinajstić information content (AvgIpc) is 3.49. The van der Waals surface area contributed by atoms with E-state index in [9.17, 15) is 10.1 Å². The smallest absolute Gasteiger partial charge is 0.266 e. The molecule has 1 aliphatic rings. The highest BCUT2D eigenvalue weighted by atomic mass is 16.5. The summed E-state index contributed by atoms with van der Waals surface area (Å²) in [6.45, 7) is 5.73. The third kappa shape index (κ3) is 4.62. The number of benzene rings is 1. The zero-order chi connectivity index (χ0) is 22.5. The third-order valence-corrected chi connectivity index (χ3v) is 5.63. The van der Waals surface area contributed by atoms with E-state index in [-0.39, 0.29) is 29.5 Å². The van der Waals surface area contributed by atoms with E-state index in [4.69, 9.17) is 13.6 Å². The highest BCUT2D eigenvalue weighted by Crippen LogP contribution is 2.31. The maximum absolute atomic E-state index is 12.9. The molecule has 1 amide bonds. The van der Waals surface area contributed by atoms with Crippen molar-refractivity contribution in [2.75, 3.05) is 24.6 Å². The van der Waals surface area contributed by atoms with Gasteiger partial charge in [-0.15, -0.1) is 0 Å². The van der Waals surface area contributed by atoms with Crippen LogP contribution in [-0.2, 0) is 4.79 Å². The zero-order valence-corrected chi connectivity index (χ0v) is 18.2. The second-order valence-electron chi connectivity index (χ2n) is 7.76. The third-order valence-electron chi connectivity index (χ3n) is 5.63. The van der Waals surface area contributed by atoms with E-state index in [1.807, 2.05) is 43.0 Å². The summed E-state index contributed by atoms with van der Waals surface area (Å²) in [5, 5.41) is 12.6. The molecule has 4 rings (SSSR count). The largest absolute Gasteiger partial charge is 0.494 e. The second-order valence-corrected chi connectivity index (χ2v) is 7.76. The van der Waals surface area contributed by atoms with Gasteiger partial charge in [0.2, 0.25) is 17.5 Å². The number of nitrogens with zero attached hydrogens (tertiary/aromatic N) is 3. The number of hydrogen-bond donors (Lipinski definition) is 1. The molecule has 1 fully saturated rings. The number of piperidine rings is 1. The molecule has 1 saturated heterocycles. The van der Waals surface area contributed by atoms with Crippen molar-refractivity contribution in [3.63, 3.8) is 0 Å². The van der Waals surface area contributed by atoms with Gasteiger partial charge in [-0.1, -0.05) is 12.1 Å². The summed E-state index contributed by atoms with van der Waals surface area (Å²) in [7, 11) is 0. The molecule has 8 nitrogen and oxygen atoms in total. The molecule has 8 heteroatoms. The maximum atomic E-state index is 12.9. The fourth-order valence-electron chi connectivity index (χ4n) is 3.90. The fourth-order valence-corrected chi connectivity index (χ4v) is 3.90. The first-order chi connectivity index (χ1) is 15.6. The van der Waals surface area contributed by atoms with Gasteiger partial charge in [0.05, 0.1) is 18.9 Å². The molecule has 1 N–H and O–H groups in total. The lowest BCUT2D eigenvalue weighted by molar-refractivity contribution is -0.126. The lowest BCUT2D eigenvalue weighted by Crippen LogP contribution is -2.41. The van der Waals surface area contributed by atoms with Gasteiger partial charge in [0.1, 0.15) is 11.8 Å². The van der Waals surface area contributed by atoms with Crippen LogP contribution in [0.3, 0.4) is 0 Å². The summed E-state index contributed by atoms with van der Waals surface area (Å²) < 4.78 is 16.7. The Morgan fingerprint density at radius 1 is 1.34 bits per heavy atom. The van der Waals surface area contributed by atoms with Gasteiger partial charge in [0, 0.05) is 19.0 Å². The van der Waals surface area contributed by atoms with Crippen molar-refractivity contribution in [2.24, 2.45) is 5.92 Å². The molecule has 166 valence electrons. The first kappa shape index (κ1) is 21.5. The van der Waals surface area contributed by atoms with Crippen LogP contribution < -0.4 is 15.0 Å². The van der Waals surface area contributed by atoms with E-state index in [1.54, 1.807) is 12.1 Å². The molecular formula is C24H26N4O4. The Morgan fingerprint density at radius 2 is 2.16 bits per heavy atom. The number of furan rings is 1. The van der Waals surface area contributed by atoms with Crippen molar-refractivity contribution in [3.05, 3.63) is 53.9 Å². The lowest BCUT2D eigenvalue weighted by Gasteiger charge is -2.31. The molecule has 1 unspecified atom stereocenters. The minimum absolute atomic E-state index is 0.0355. The maximum Gasteiger partial charge on any atom is 0.266 e. The summed E-state index contributed by atoms with van der Waals surface area (Å²) in [6.07, 6.45) is 2.86. The predicted octanol–water partition coefficient (Wildman–Crippen LogP) is 4.30. The van der Waals surface area contributed by atoms with Gasteiger partial charge in [0.25, 0.3) is 5.89 Å². The van der Waals surface area contributed by atoms with Gasteiger partial charge in [0.15, 0.2) is 5.76 Å². The van der Waals surface area contributed by atoms with E-state index in [0.717, 1.165) is 11.3 Å². The molecule has 3 heterocycles. The second kappa shape index (κ2) is 9.60. The number of nitriles is 1. The number of nitrogens with one attached hydrogen (secondary N) is 1. The molecule has 3 aromatic rings. The summed E-state index contributed by atoms with van der Waals surface area (Å²) in [4.78, 5) is 19.1. The molecule has 0 bridgehead atoms. The standard InChI is InChI=1S/C24H26N4O4/c1-3-30-19-7-4-6-18(14-19)16(2)26-22(29)17-9-11-28(12-10-17)24-20(15-25)27-23(32-24)21-8-5-13-31-21/h4-8,13-14,16-17H,3,9-12H2,1-2H3,(H,26,29). The summed E-state index contributed by atoms with van der Waals surface area (Å²) in [6, 6.07) is 13.2. The number of aromatic nitrogens is 1. The minimum atomic E-state index is -0.115. The van der Waals surface area contributed by atoms with Crippen LogP contribution in [0.25, 0.3) is 11.7 Å². The normalized spacial score (nSPS) is 15.2. The quantitative estimate of drug-likeness (QED) is 0.591. The first-order valence-corrected chi connectivity index (χ1v) is 10.8. The molecule has 1 aliphatic heterocycles. The molecular weight excluding hydrogens is 408 g/mol. The van der Waals surface area contributed by atoms with E-state index in [1.165, 1.54) is 6.26 Å². The van der Waals surface area contributed by atoms with Crippen molar-refractivity contribution in [2.45, 2.75) is 32.7 Å². The van der Waals surface area contributed by atoms with Gasteiger partial charge in [-0.25, -0.2) is 0 Å². The van der Waals surface area contributed by atoms with Crippen LogP contribution in [-0.4, -0.2) is 30.6 Å². The molecule has 0 radical (unpaired) electrons. The van der Waals surface area contributed by atoms with Crippen molar-refractivity contribution in [3.8, 4) is 23.5 Å². The highest BCUT2D eigenvalue weighted by Gasteiger charge is 2.30.